The third kappa shape index (κ3) is 3.23. The van der Waals surface area contributed by atoms with Crippen LogP contribution in [0.15, 0.2) is 52.7 Å². The molecule has 0 radical (unpaired) electrons. The minimum absolute atomic E-state index is 0.105. The number of nitrogens with zero attached hydrogens (tertiary/aromatic N) is 4. The van der Waals surface area contributed by atoms with Crippen molar-refractivity contribution in [2.75, 3.05) is 26.2 Å². The first kappa shape index (κ1) is 16.5. The summed E-state index contributed by atoms with van der Waals surface area (Å²) in [6.07, 6.45) is 4.89. The Morgan fingerprint density at radius 3 is 2.35 bits per heavy atom. The van der Waals surface area contributed by atoms with Crippen LogP contribution in [-0.4, -0.2) is 57.8 Å². The second kappa shape index (κ2) is 7.09. The molecule has 0 spiro atoms. The van der Waals surface area contributed by atoms with E-state index in [1.807, 2.05) is 12.1 Å². The van der Waals surface area contributed by atoms with Crippen molar-refractivity contribution in [3.63, 3.8) is 0 Å². The predicted octanol–water partition coefficient (Wildman–Crippen LogP) is 2.40. The van der Waals surface area contributed by atoms with Gasteiger partial charge < -0.3 is 14.2 Å². The van der Waals surface area contributed by atoms with Crippen LogP contribution in [0.1, 0.15) is 21.0 Å². The van der Waals surface area contributed by atoms with Gasteiger partial charge in [-0.25, -0.2) is 4.98 Å². The lowest BCUT2D eigenvalue weighted by Gasteiger charge is -2.34. The van der Waals surface area contributed by atoms with E-state index in [-0.39, 0.29) is 11.8 Å². The number of thiazole rings is 1. The number of hydrogen-bond acceptors (Lipinski definition) is 6. The van der Waals surface area contributed by atoms with Crippen LogP contribution in [0.2, 0.25) is 0 Å². The van der Waals surface area contributed by atoms with Crippen LogP contribution in [0.3, 0.4) is 0 Å². The second-order valence-corrected chi connectivity index (χ2v) is 6.69. The first-order valence-electron chi connectivity index (χ1n) is 8.20. The van der Waals surface area contributed by atoms with Gasteiger partial charge in [0.05, 0.1) is 6.26 Å². The maximum absolute atomic E-state index is 12.7. The fourth-order valence-corrected chi connectivity index (χ4v) is 3.63. The molecule has 26 heavy (non-hydrogen) atoms. The van der Waals surface area contributed by atoms with Crippen LogP contribution in [0.4, 0.5) is 0 Å². The maximum atomic E-state index is 12.7. The topological polar surface area (TPSA) is 79.5 Å². The number of aromatic nitrogens is 2. The Balaban J connectivity index is 1.40. The lowest BCUT2D eigenvalue weighted by Crippen LogP contribution is -2.50. The summed E-state index contributed by atoms with van der Waals surface area (Å²) in [4.78, 5) is 36.8. The van der Waals surface area contributed by atoms with Gasteiger partial charge in [-0.2, -0.15) is 0 Å². The van der Waals surface area contributed by atoms with Crippen LogP contribution in [0, 0.1) is 0 Å². The van der Waals surface area contributed by atoms with Crippen LogP contribution in [0.25, 0.3) is 10.6 Å². The summed E-state index contributed by atoms with van der Waals surface area (Å²) in [5, 5.41) is 2.57. The van der Waals surface area contributed by atoms with Gasteiger partial charge in [-0.05, 0) is 24.3 Å². The van der Waals surface area contributed by atoms with E-state index in [0.717, 1.165) is 10.6 Å². The molecule has 7 nitrogen and oxygen atoms in total. The van der Waals surface area contributed by atoms with Crippen LogP contribution in [0.5, 0.6) is 0 Å². The zero-order valence-electron chi connectivity index (χ0n) is 13.9. The molecule has 1 fully saturated rings. The van der Waals surface area contributed by atoms with Gasteiger partial charge in [0.2, 0.25) is 0 Å². The van der Waals surface area contributed by atoms with Crippen molar-refractivity contribution in [1.29, 1.82) is 0 Å². The molecule has 1 saturated heterocycles. The van der Waals surface area contributed by atoms with E-state index in [4.69, 9.17) is 4.42 Å². The molecule has 0 atom stereocenters. The summed E-state index contributed by atoms with van der Waals surface area (Å²) in [5.74, 6) is 0.0775. The summed E-state index contributed by atoms with van der Waals surface area (Å²) >= 11 is 1.44. The normalized spacial score (nSPS) is 14.5. The Hall–Kier alpha value is -3.00. The van der Waals surface area contributed by atoms with E-state index < -0.39 is 0 Å². The monoisotopic (exact) mass is 368 g/mol. The smallest absolute Gasteiger partial charge is 0.289 e. The Morgan fingerprint density at radius 2 is 1.69 bits per heavy atom. The zero-order valence-corrected chi connectivity index (χ0v) is 14.7. The summed E-state index contributed by atoms with van der Waals surface area (Å²) in [5.41, 5.74) is 1.38. The molecule has 3 aromatic heterocycles. The second-order valence-electron chi connectivity index (χ2n) is 5.84. The van der Waals surface area contributed by atoms with Gasteiger partial charge in [0, 0.05) is 49.5 Å². The molecule has 1 aliphatic rings. The molecule has 4 rings (SSSR count). The fourth-order valence-electron chi connectivity index (χ4n) is 2.83. The molecule has 0 aromatic carbocycles. The first-order chi connectivity index (χ1) is 12.7. The van der Waals surface area contributed by atoms with E-state index in [0.29, 0.717) is 37.6 Å². The summed E-state index contributed by atoms with van der Waals surface area (Å²) in [6.45, 7) is 1.92. The highest BCUT2D eigenvalue weighted by atomic mass is 32.1. The molecule has 0 saturated carbocycles. The molecule has 8 heteroatoms. The van der Waals surface area contributed by atoms with Gasteiger partial charge in [0.15, 0.2) is 5.76 Å². The molecule has 0 bridgehead atoms. The number of carbonyl (C=O) groups excluding carboxylic acids is 2. The summed E-state index contributed by atoms with van der Waals surface area (Å²) < 4.78 is 5.15. The molecule has 1 aliphatic heterocycles. The fraction of sp³-hybridized carbons (Fsp3) is 0.222. The Bertz CT molecular complexity index is 900. The number of amides is 2. The van der Waals surface area contributed by atoms with Gasteiger partial charge in [-0.1, -0.05) is 0 Å². The van der Waals surface area contributed by atoms with E-state index in [1.54, 1.807) is 39.7 Å². The Kier molecular flexibility index (Phi) is 4.49. The number of piperazine rings is 1. The zero-order chi connectivity index (χ0) is 17.9. The molecule has 0 N–H and O–H groups in total. The molecular formula is C18H16N4O3S. The minimum Gasteiger partial charge on any atom is -0.459 e. The highest BCUT2D eigenvalue weighted by molar-refractivity contribution is 7.13. The molecule has 4 heterocycles. The third-order valence-corrected chi connectivity index (χ3v) is 5.13. The lowest BCUT2D eigenvalue weighted by atomic mass is 10.2. The van der Waals surface area contributed by atoms with Crippen LogP contribution in [-0.2, 0) is 0 Å². The number of rotatable bonds is 3. The van der Waals surface area contributed by atoms with Crippen molar-refractivity contribution in [2.45, 2.75) is 0 Å². The first-order valence-corrected chi connectivity index (χ1v) is 9.08. The largest absolute Gasteiger partial charge is 0.459 e. The number of pyridine rings is 1. The van der Waals surface area contributed by atoms with Crippen molar-refractivity contribution >= 4 is 23.2 Å². The maximum Gasteiger partial charge on any atom is 0.289 e. The standard InChI is InChI=1S/C18H16N4O3S/c23-17(14-12-26-16(20-14)13-3-5-19-6-4-13)21-7-9-22(10-8-21)18(24)15-2-1-11-25-15/h1-6,11-12H,7-10H2. The summed E-state index contributed by atoms with van der Waals surface area (Å²) in [6, 6.07) is 7.07. The average Bonchev–Trinajstić information content (AvgIpc) is 3.40. The van der Waals surface area contributed by atoms with Crippen molar-refractivity contribution in [1.82, 2.24) is 19.8 Å². The van der Waals surface area contributed by atoms with E-state index in [1.165, 1.54) is 17.6 Å². The van der Waals surface area contributed by atoms with E-state index in [2.05, 4.69) is 9.97 Å². The molecular weight excluding hydrogens is 352 g/mol. The van der Waals surface area contributed by atoms with Crippen molar-refractivity contribution in [3.8, 4) is 10.6 Å². The Labute approximate surface area is 153 Å². The van der Waals surface area contributed by atoms with Crippen molar-refractivity contribution < 1.29 is 14.0 Å². The van der Waals surface area contributed by atoms with E-state index >= 15 is 0 Å². The van der Waals surface area contributed by atoms with Gasteiger partial charge in [0.1, 0.15) is 10.7 Å². The van der Waals surface area contributed by atoms with Gasteiger partial charge >= 0.3 is 0 Å². The minimum atomic E-state index is -0.143. The Morgan fingerprint density at radius 1 is 1.00 bits per heavy atom. The highest BCUT2D eigenvalue weighted by Gasteiger charge is 2.27. The predicted molar refractivity (Wildman–Crippen MR) is 95.9 cm³/mol. The summed E-state index contributed by atoms with van der Waals surface area (Å²) in [7, 11) is 0. The molecule has 2 amide bonds. The number of hydrogen-bond donors (Lipinski definition) is 0. The van der Waals surface area contributed by atoms with Crippen molar-refractivity contribution in [2.24, 2.45) is 0 Å². The van der Waals surface area contributed by atoms with Gasteiger partial charge in [0.25, 0.3) is 11.8 Å². The van der Waals surface area contributed by atoms with Gasteiger partial charge in [-0.3, -0.25) is 14.6 Å². The number of furan rings is 1. The lowest BCUT2D eigenvalue weighted by molar-refractivity contribution is 0.0515. The van der Waals surface area contributed by atoms with Crippen molar-refractivity contribution in [3.05, 3.63) is 59.8 Å². The number of carbonyl (C=O) groups is 2. The molecule has 3 aromatic rings. The average molecular weight is 368 g/mol. The molecule has 0 unspecified atom stereocenters. The third-order valence-electron chi connectivity index (χ3n) is 4.24. The quantitative estimate of drug-likeness (QED) is 0.709. The SMILES string of the molecule is O=C(c1csc(-c2ccncc2)n1)N1CCN(C(=O)c2ccco2)CC1. The van der Waals surface area contributed by atoms with E-state index in [9.17, 15) is 9.59 Å². The van der Waals surface area contributed by atoms with Gasteiger partial charge in [-0.15, -0.1) is 11.3 Å². The van der Waals surface area contributed by atoms with Crippen LogP contribution >= 0.6 is 11.3 Å². The van der Waals surface area contributed by atoms with Crippen LogP contribution < -0.4 is 0 Å². The highest BCUT2D eigenvalue weighted by Crippen LogP contribution is 2.23. The molecule has 0 aliphatic carbocycles. The molecule has 132 valence electrons.